The monoisotopic (exact) mass is 236 g/mol. The average molecular weight is 236 g/mol. The third kappa shape index (κ3) is 2.86. The van der Waals surface area contributed by atoms with Gasteiger partial charge in [-0.05, 0) is 6.07 Å². The molecule has 17 heavy (non-hydrogen) atoms. The van der Waals surface area contributed by atoms with E-state index in [9.17, 15) is 9.90 Å². The number of phenols is 1. The van der Waals surface area contributed by atoms with Gasteiger partial charge in [0.1, 0.15) is 17.6 Å². The van der Waals surface area contributed by atoms with Gasteiger partial charge in [-0.3, -0.25) is 4.79 Å². The van der Waals surface area contributed by atoms with Crippen molar-refractivity contribution in [2.75, 3.05) is 7.11 Å². The lowest BCUT2D eigenvalue weighted by molar-refractivity contribution is -0.137. The second kappa shape index (κ2) is 5.18. The van der Waals surface area contributed by atoms with Gasteiger partial charge in [0, 0.05) is 17.7 Å². The molecular weight excluding hydrogens is 224 g/mol. The molecule has 1 aromatic carbocycles. The number of hydrogen-bond donors (Lipinski definition) is 3. The number of carboxylic acids is 1. The van der Waals surface area contributed by atoms with Crippen LogP contribution in [0, 0.1) is 11.3 Å². The second-order valence-corrected chi connectivity index (χ2v) is 3.43. The van der Waals surface area contributed by atoms with E-state index in [-0.39, 0.29) is 29.0 Å². The van der Waals surface area contributed by atoms with E-state index in [2.05, 4.69) is 0 Å². The smallest absolute Gasteiger partial charge is 0.305 e. The molecule has 0 radical (unpaired) electrons. The molecule has 0 bridgehead atoms. The molecule has 0 aliphatic heterocycles. The summed E-state index contributed by atoms with van der Waals surface area (Å²) < 4.78 is 4.89. The lowest BCUT2D eigenvalue weighted by Gasteiger charge is -2.13. The van der Waals surface area contributed by atoms with Crippen molar-refractivity contribution < 1.29 is 19.7 Å². The van der Waals surface area contributed by atoms with Crippen LogP contribution in [0.1, 0.15) is 23.6 Å². The largest absolute Gasteiger partial charge is 0.507 e. The number of methoxy groups -OCH3 is 1. The number of ether oxygens (including phenoxy) is 1. The number of carboxylic acid groups (broad SMARTS) is 1. The molecule has 6 nitrogen and oxygen atoms in total. The number of benzene rings is 1. The van der Waals surface area contributed by atoms with Gasteiger partial charge in [0.2, 0.25) is 0 Å². The van der Waals surface area contributed by atoms with Gasteiger partial charge in [-0.2, -0.15) is 5.26 Å². The highest BCUT2D eigenvalue weighted by Crippen LogP contribution is 2.31. The first kappa shape index (κ1) is 12.8. The van der Waals surface area contributed by atoms with E-state index in [0.717, 1.165) is 0 Å². The van der Waals surface area contributed by atoms with Crippen LogP contribution in [-0.2, 0) is 4.79 Å². The van der Waals surface area contributed by atoms with E-state index in [0.29, 0.717) is 0 Å². The van der Waals surface area contributed by atoms with Crippen molar-refractivity contribution in [3.63, 3.8) is 0 Å². The number of rotatable bonds is 4. The molecule has 1 unspecified atom stereocenters. The average Bonchev–Trinajstić information content (AvgIpc) is 2.27. The van der Waals surface area contributed by atoms with Crippen molar-refractivity contribution in [2.24, 2.45) is 5.73 Å². The lowest BCUT2D eigenvalue weighted by atomic mass is 10.0. The molecule has 0 aromatic heterocycles. The maximum absolute atomic E-state index is 10.5. The molecule has 0 fully saturated rings. The van der Waals surface area contributed by atoms with Gasteiger partial charge in [-0.1, -0.05) is 0 Å². The molecule has 0 aliphatic carbocycles. The Bertz CT molecular complexity index is 479. The number of aromatic hydroxyl groups is 1. The van der Waals surface area contributed by atoms with E-state index in [1.807, 2.05) is 6.07 Å². The molecule has 0 saturated heterocycles. The summed E-state index contributed by atoms with van der Waals surface area (Å²) in [4.78, 5) is 10.5. The van der Waals surface area contributed by atoms with E-state index in [4.69, 9.17) is 20.8 Å². The first-order chi connectivity index (χ1) is 7.99. The fraction of sp³-hybridized carbons (Fsp3) is 0.273. The van der Waals surface area contributed by atoms with Crippen LogP contribution in [0.2, 0.25) is 0 Å². The van der Waals surface area contributed by atoms with Gasteiger partial charge < -0.3 is 20.7 Å². The number of hydrogen-bond acceptors (Lipinski definition) is 5. The van der Waals surface area contributed by atoms with E-state index in [1.54, 1.807) is 0 Å². The Morgan fingerprint density at radius 1 is 1.65 bits per heavy atom. The van der Waals surface area contributed by atoms with Crippen LogP contribution in [-0.4, -0.2) is 23.3 Å². The van der Waals surface area contributed by atoms with Gasteiger partial charge in [-0.15, -0.1) is 0 Å². The first-order valence-electron chi connectivity index (χ1n) is 4.78. The zero-order chi connectivity index (χ0) is 13.0. The summed E-state index contributed by atoms with van der Waals surface area (Å²) in [6, 6.07) is 3.59. The van der Waals surface area contributed by atoms with Crippen molar-refractivity contribution in [2.45, 2.75) is 12.5 Å². The molecule has 1 atom stereocenters. The van der Waals surface area contributed by atoms with E-state index >= 15 is 0 Å². The molecule has 4 N–H and O–H groups in total. The molecule has 0 aliphatic rings. The highest BCUT2D eigenvalue weighted by molar-refractivity contribution is 5.68. The lowest BCUT2D eigenvalue weighted by Crippen LogP contribution is -2.15. The summed E-state index contributed by atoms with van der Waals surface area (Å²) in [5, 5.41) is 27.1. The Hall–Kier alpha value is -2.26. The molecule has 1 aromatic rings. The van der Waals surface area contributed by atoms with Crippen LogP contribution < -0.4 is 10.5 Å². The van der Waals surface area contributed by atoms with Crippen molar-refractivity contribution in [3.8, 4) is 17.6 Å². The third-order valence-corrected chi connectivity index (χ3v) is 2.26. The number of nitriles is 1. The van der Waals surface area contributed by atoms with Gasteiger partial charge in [0.05, 0.1) is 19.1 Å². The topological polar surface area (TPSA) is 117 Å². The summed E-state index contributed by atoms with van der Waals surface area (Å²) in [7, 11) is 1.37. The Morgan fingerprint density at radius 2 is 2.29 bits per heavy atom. The summed E-state index contributed by atoms with van der Waals surface area (Å²) in [5.41, 5.74) is 6.03. The molecule has 1 rings (SSSR count). The minimum absolute atomic E-state index is 0.186. The van der Waals surface area contributed by atoms with Crippen LogP contribution in [0.4, 0.5) is 0 Å². The zero-order valence-corrected chi connectivity index (χ0v) is 9.17. The van der Waals surface area contributed by atoms with Crippen LogP contribution >= 0.6 is 0 Å². The highest BCUT2D eigenvalue weighted by Gasteiger charge is 2.17. The Morgan fingerprint density at radius 3 is 2.76 bits per heavy atom. The van der Waals surface area contributed by atoms with Gasteiger partial charge in [-0.25, -0.2) is 0 Å². The first-order valence-corrected chi connectivity index (χ1v) is 4.78. The van der Waals surface area contributed by atoms with Crippen molar-refractivity contribution in [1.29, 1.82) is 5.26 Å². The highest BCUT2D eigenvalue weighted by atomic mass is 16.5. The van der Waals surface area contributed by atoms with Gasteiger partial charge in [0.25, 0.3) is 0 Å². The fourth-order valence-electron chi connectivity index (χ4n) is 1.44. The van der Waals surface area contributed by atoms with E-state index < -0.39 is 12.0 Å². The Balaban J connectivity index is 3.17. The number of nitrogens with two attached hydrogens (primary N) is 1. The van der Waals surface area contributed by atoms with Crippen LogP contribution in [0.25, 0.3) is 0 Å². The molecule has 0 amide bonds. The third-order valence-electron chi connectivity index (χ3n) is 2.26. The van der Waals surface area contributed by atoms with Crippen LogP contribution in [0.3, 0.4) is 0 Å². The van der Waals surface area contributed by atoms with Gasteiger partial charge in [0.15, 0.2) is 0 Å². The van der Waals surface area contributed by atoms with Crippen LogP contribution in [0.5, 0.6) is 11.5 Å². The SMILES string of the molecule is COc1cc(O)c(C(N)CC(=O)O)cc1C#N. The fourth-order valence-corrected chi connectivity index (χ4v) is 1.44. The molecule has 90 valence electrons. The molecule has 6 heteroatoms. The molecule has 0 saturated carbocycles. The predicted octanol–water partition coefficient (Wildman–Crippen LogP) is 0.747. The number of nitrogens with zero attached hydrogens (tertiary/aromatic N) is 1. The maximum Gasteiger partial charge on any atom is 0.305 e. The van der Waals surface area contributed by atoms with E-state index in [1.165, 1.54) is 19.2 Å². The minimum atomic E-state index is -1.08. The van der Waals surface area contributed by atoms with Crippen molar-refractivity contribution in [1.82, 2.24) is 0 Å². The summed E-state index contributed by atoms with van der Waals surface area (Å²) in [5.74, 6) is -1.04. The second-order valence-electron chi connectivity index (χ2n) is 3.43. The normalized spacial score (nSPS) is 11.6. The quantitative estimate of drug-likeness (QED) is 0.710. The summed E-state index contributed by atoms with van der Waals surface area (Å²) >= 11 is 0. The zero-order valence-electron chi connectivity index (χ0n) is 9.17. The molecular formula is C11H12N2O4. The summed E-state index contributed by atoms with van der Waals surface area (Å²) in [6.07, 6.45) is -0.329. The molecule has 0 heterocycles. The maximum atomic E-state index is 10.5. The van der Waals surface area contributed by atoms with Crippen molar-refractivity contribution in [3.05, 3.63) is 23.3 Å². The van der Waals surface area contributed by atoms with Gasteiger partial charge >= 0.3 is 5.97 Å². The van der Waals surface area contributed by atoms with Crippen molar-refractivity contribution >= 4 is 5.97 Å². The Kier molecular flexibility index (Phi) is 3.91. The molecule has 0 spiro atoms. The number of carbonyl (C=O) groups is 1. The number of aliphatic carboxylic acids is 1. The summed E-state index contributed by atoms with van der Waals surface area (Å²) in [6.45, 7) is 0. The standard InChI is InChI=1S/C11H12N2O4/c1-17-10-4-9(14)7(2-6(10)5-12)8(13)3-11(15)16/h2,4,8,14H,3,13H2,1H3,(H,15,16). The predicted molar refractivity (Wildman–Crippen MR) is 58.6 cm³/mol. The minimum Gasteiger partial charge on any atom is -0.507 e. The van der Waals surface area contributed by atoms with Crippen LogP contribution in [0.15, 0.2) is 12.1 Å². The number of phenolic OH excluding ortho intramolecular Hbond substituents is 1. The Labute approximate surface area is 97.9 Å².